The lowest BCUT2D eigenvalue weighted by molar-refractivity contribution is 0.0577. The van der Waals surface area contributed by atoms with Crippen LogP contribution >= 0.6 is 11.3 Å². The minimum atomic E-state index is 0.0985. The quantitative estimate of drug-likeness (QED) is 0.837. The van der Waals surface area contributed by atoms with Crippen molar-refractivity contribution in [3.05, 3.63) is 16.1 Å². The molecule has 6 heteroatoms. The van der Waals surface area contributed by atoms with Crippen LogP contribution in [0.1, 0.15) is 48.6 Å². The van der Waals surface area contributed by atoms with Crippen molar-refractivity contribution in [2.24, 2.45) is 5.41 Å². The number of ether oxygens (including phenoxy) is 1. The molecule has 2 aliphatic rings. The van der Waals surface area contributed by atoms with Crippen molar-refractivity contribution in [2.75, 3.05) is 33.4 Å². The SMILES string of the molecule is COC[C@H]1CC2(CCN(C(=O)c3csc(C)n3)CC2)CN1C(C)C. The molecule has 0 saturated carbocycles. The molecule has 24 heavy (non-hydrogen) atoms. The highest BCUT2D eigenvalue weighted by atomic mass is 32.1. The van der Waals surface area contributed by atoms with Gasteiger partial charge in [0.2, 0.25) is 0 Å². The molecule has 0 aromatic carbocycles. The first-order valence-corrected chi connectivity index (χ1v) is 9.78. The van der Waals surface area contributed by atoms with Crippen molar-refractivity contribution in [2.45, 2.75) is 52.1 Å². The molecule has 1 atom stereocenters. The van der Waals surface area contributed by atoms with E-state index in [1.165, 1.54) is 6.42 Å². The van der Waals surface area contributed by atoms with Crippen molar-refractivity contribution >= 4 is 17.2 Å². The van der Waals surface area contributed by atoms with Gasteiger partial charge in [0.05, 0.1) is 11.6 Å². The van der Waals surface area contributed by atoms with E-state index in [0.29, 0.717) is 23.2 Å². The summed E-state index contributed by atoms with van der Waals surface area (Å²) in [6.07, 6.45) is 3.37. The van der Waals surface area contributed by atoms with E-state index in [-0.39, 0.29) is 5.91 Å². The number of thiazole rings is 1. The van der Waals surface area contributed by atoms with Crippen molar-refractivity contribution < 1.29 is 9.53 Å². The first-order chi connectivity index (χ1) is 11.4. The van der Waals surface area contributed by atoms with Crippen LogP contribution in [0.4, 0.5) is 0 Å². The Bertz CT molecular complexity index is 579. The molecule has 1 aromatic heterocycles. The maximum Gasteiger partial charge on any atom is 0.273 e. The normalized spacial score (nSPS) is 24.2. The van der Waals surface area contributed by atoms with Crippen LogP contribution in [0.15, 0.2) is 5.38 Å². The van der Waals surface area contributed by atoms with Crippen LogP contribution in [0.3, 0.4) is 0 Å². The second kappa shape index (κ2) is 7.10. The van der Waals surface area contributed by atoms with Crippen LogP contribution in [-0.2, 0) is 4.74 Å². The van der Waals surface area contributed by atoms with E-state index in [4.69, 9.17) is 4.74 Å². The van der Waals surface area contributed by atoms with Gasteiger partial charge >= 0.3 is 0 Å². The fraction of sp³-hybridized carbons (Fsp3) is 0.778. The summed E-state index contributed by atoms with van der Waals surface area (Å²) in [7, 11) is 1.79. The van der Waals surface area contributed by atoms with Crippen LogP contribution in [0, 0.1) is 12.3 Å². The average Bonchev–Trinajstić information content (AvgIpc) is 3.13. The number of carbonyl (C=O) groups is 1. The monoisotopic (exact) mass is 351 g/mol. The lowest BCUT2D eigenvalue weighted by atomic mass is 9.76. The fourth-order valence-electron chi connectivity index (χ4n) is 4.32. The number of amides is 1. The molecule has 0 N–H and O–H groups in total. The summed E-state index contributed by atoms with van der Waals surface area (Å²) in [6, 6.07) is 1.06. The molecule has 134 valence electrons. The van der Waals surface area contributed by atoms with E-state index < -0.39 is 0 Å². The van der Waals surface area contributed by atoms with Gasteiger partial charge in [-0.25, -0.2) is 4.98 Å². The molecule has 1 aromatic rings. The van der Waals surface area contributed by atoms with E-state index in [1.807, 2.05) is 17.2 Å². The van der Waals surface area contributed by atoms with Crippen molar-refractivity contribution in [1.82, 2.24) is 14.8 Å². The highest BCUT2D eigenvalue weighted by Crippen LogP contribution is 2.44. The minimum Gasteiger partial charge on any atom is -0.383 e. The van der Waals surface area contributed by atoms with Gasteiger partial charge in [-0.3, -0.25) is 9.69 Å². The highest BCUT2D eigenvalue weighted by Gasteiger charge is 2.46. The summed E-state index contributed by atoms with van der Waals surface area (Å²) in [5.41, 5.74) is 0.961. The lowest BCUT2D eigenvalue weighted by Gasteiger charge is -2.39. The maximum absolute atomic E-state index is 12.6. The molecule has 3 rings (SSSR count). The Balaban J connectivity index is 1.63. The van der Waals surface area contributed by atoms with Crippen molar-refractivity contribution in [3.8, 4) is 0 Å². The summed E-state index contributed by atoms with van der Waals surface area (Å²) >= 11 is 1.55. The second-order valence-corrected chi connectivity index (χ2v) is 8.69. The van der Waals surface area contributed by atoms with Gasteiger partial charge in [0.1, 0.15) is 5.69 Å². The molecule has 2 aliphatic heterocycles. The van der Waals surface area contributed by atoms with E-state index in [9.17, 15) is 4.79 Å². The third-order valence-corrected chi connectivity index (χ3v) is 6.40. The molecular weight excluding hydrogens is 322 g/mol. The zero-order valence-corrected chi connectivity index (χ0v) is 16.1. The molecule has 1 spiro atoms. The van der Waals surface area contributed by atoms with Crippen LogP contribution in [0.2, 0.25) is 0 Å². The highest BCUT2D eigenvalue weighted by molar-refractivity contribution is 7.09. The third kappa shape index (κ3) is 3.51. The molecule has 1 amide bonds. The van der Waals surface area contributed by atoms with Crippen LogP contribution < -0.4 is 0 Å². The van der Waals surface area contributed by atoms with Crippen LogP contribution in [0.25, 0.3) is 0 Å². The molecule has 0 aliphatic carbocycles. The van der Waals surface area contributed by atoms with Gasteiger partial charge < -0.3 is 9.64 Å². The number of carbonyl (C=O) groups excluding carboxylic acids is 1. The molecular formula is C18H29N3O2S. The Hall–Kier alpha value is -0.980. The second-order valence-electron chi connectivity index (χ2n) is 7.62. The minimum absolute atomic E-state index is 0.0985. The van der Waals surface area contributed by atoms with E-state index in [2.05, 4.69) is 23.7 Å². The van der Waals surface area contributed by atoms with Gasteiger partial charge in [0.15, 0.2) is 0 Å². The number of aryl methyl sites for hydroxylation is 1. The number of hydrogen-bond donors (Lipinski definition) is 0. The van der Waals surface area contributed by atoms with Crippen molar-refractivity contribution in [3.63, 3.8) is 0 Å². The Morgan fingerprint density at radius 2 is 2.17 bits per heavy atom. The van der Waals surface area contributed by atoms with E-state index in [0.717, 1.165) is 44.1 Å². The van der Waals surface area contributed by atoms with Gasteiger partial charge in [-0.1, -0.05) is 0 Å². The topological polar surface area (TPSA) is 45.7 Å². The molecule has 2 saturated heterocycles. The summed E-state index contributed by atoms with van der Waals surface area (Å²) in [5, 5.41) is 2.84. The molecule has 5 nitrogen and oxygen atoms in total. The van der Waals surface area contributed by atoms with Crippen molar-refractivity contribution in [1.29, 1.82) is 0 Å². The molecule has 0 radical (unpaired) electrons. The largest absolute Gasteiger partial charge is 0.383 e. The average molecular weight is 352 g/mol. The van der Waals surface area contributed by atoms with Crippen LogP contribution in [0.5, 0.6) is 0 Å². The zero-order chi connectivity index (χ0) is 17.3. The Kier molecular flexibility index (Phi) is 5.27. The van der Waals surface area contributed by atoms with Gasteiger partial charge in [-0.2, -0.15) is 0 Å². The summed E-state index contributed by atoms with van der Waals surface area (Å²) < 4.78 is 5.45. The number of hydrogen-bond acceptors (Lipinski definition) is 5. The number of likely N-dealkylation sites (tertiary alicyclic amines) is 2. The zero-order valence-electron chi connectivity index (χ0n) is 15.2. The number of aromatic nitrogens is 1. The molecule has 0 bridgehead atoms. The number of rotatable bonds is 4. The number of nitrogens with zero attached hydrogens (tertiary/aromatic N) is 3. The molecule has 0 unspecified atom stereocenters. The summed E-state index contributed by atoms with van der Waals surface area (Å²) in [4.78, 5) is 21.5. The molecule has 3 heterocycles. The smallest absolute Gasteiger partial charge is 0.273 e. The Morgan fingerprint density at radius 3 is 2.71 bits per heavy atom. The first-order valence-electron chi connectivity index (χ1n) is 8.90. The number of methoxy groups -OCH3 is 1. The van der Waals surface area contributed by atoms with Gasteiger partial charge in [-0.05, 0) is 45.4 Å². The van der Waals surface area contributed by atoms with Gasteiger partial charge in [0, 0.05) is 44.2 Å². The first kappa shape index (κ1) is 17.8. The van der Waals surface area contributed by atoms with E-state index >= 15 is 0 Å². The third-order valence-electron chi connectivity index (χ3n) is 5.63. The van der Waals surface area contributed by atoms with Crippen LogP contribution in [-0.4, -0.2) is 66.1 Å². The fourth-order valence-corrected chi connectivity index (χ4v) is 4.91. The van der Waals surface area contributed by atoms with E-state index in [1.54, 1.807) is 18.4 Å². The Labute approximate surface area is 149 Å². The predicted molar refractivity (Wildman–Crippen MR) is 96.5 cm³/mol. The standard InChI is InChI=1S/C18H29N3O2S/c1-13(2)21-12-18(9-15(21)10-23-4)5-7-20(8-6-18)17(22)16-11-24-14(3)19-16/h11,13,15H,5-10,12H2,1-4H3/t15-/m1/s1. The van der Waals surface area contributed by atoms with Gasteiger partial charge in [0.25, 0.3) is 5.91 Å². The van der Waals surface area contributed by atoms with Gasteiger partial charge in [-0.15, -0.1) is 11.3 Å². The Morgan fingerprint density at radius 1 is 1.46 bits per heavy atom. The maximum atomic E-state index is 12.6. The summed E-state index contributed by atoms with van der Waals surface area (Å²) in [5.74, 6) is 0.0985. The number of piperidine rings is 1. The molecule has 2 fully saturated rings. The lowest BCUT2D eigenvalue weighted by Crippen LogP contribution is -2.45. The summed E-state index contributed by atoms with van der Waals surface area (Å²) in [6.45, 7) is 10.1. The predicted octanol–water partition coefficient (Wildman–Crippen LogP) is 2.80.